The number of carboxylic acids is 1. The summed E-state index contributed by atoms with van der Waals surface area (Å²) in [5, 5.41) is 12.3. The molecule has 0 spiro atoms. The zero-order chi connectivity index (χ0) is 14.9. The second kappa shape index (κ2) is 5.66. The third-order valence-electron chi connectivity index (χ3n) is 3.20. The molecule has 5 nitrogen and oxygen atoms in total. The van der Waals surface area contributed by atoms with Crippen molar-refractivity contribution < 1.29 is 14.7 Å². The van der Waals surface area contributed by atoms with E-state index < -0.39 is 12.0 Å². The molecule has 1 atom stereocenters. The van der Waals surface area contributed by atoms with Gasteiger partial charge >= 0.3 is 5.97 Å². The molecule has 0 aliphatic heterocycles. The molecule has 2 N–H and O–H groups in total. The van der Waals surface area contributed by atoms with Crippen LogP contribution in [0.2, 0.25) is 0 Å². The van der Waals surface area contributed by atoms with E-state index in [1.165, 1.54) is 6.92 Å². The first kappa shape index (κ1) is 14.6. The Labute approximate surface area is 124 Å². The van der Waals surface area contributed by atoms with Crippen LogP contribution in [0, 0.1) is 6.92 Å². The monoisotopic (exact) mass is 338 g/mol. The van der Waals surface area contributed by atoms with Crippen molar-refractivity contribution in [3.63, 3.8) is 0 Å². The highest BCUT2D eigenvalue weighted by Crippen LogP contribution is 2.30. The average Bonchev–Trinajstić information content (AvgIpc) is 2.64. The average molecular weight is 339 g/mol. The van der Waals surface area contributed by atoms with Crippen LogP contribution in [0.3, 0.4) is 0 Å². The van der Waals surface area contributed by atoms with Crippen molar-refractivity contribution in [2.45, 2.75) is 26.4 Å². The van der Waals surface area contributed by atoms with Gasteiger partial charge in [-0.15, -0.1) is 0 Å². The van der Waals surface area contributed by atoms with Gasteiger partial charge in [0.1, 0.15) is 12.6 Å². The number of rotatable bonds is 4. The predicted octanol–water partition coefficient (Wildman–Crippen LogP) is 2.30. The number of amides is 1. The van der Waals surface area contributed by atoms with Crippen LogP contribution in [0.1, 0.15) is 12.6 Å². The van der Waals surface area contributed by atoms with Gasteiger partial charge in [-0.05, 0) is 35.8 Å². The summed E-state index contributed by atoms with van der Waals surface area (Å²) in [5.41, 5.74) is 1.87. The minimum atomic E-state index is -1.05. The van der Waals surface area contributed by atoms with Crippen LogP contribution < -0.4 is 5.32 Å². The van der Waals surface area contributed by atoms with Crippen molar-refractivity contribution in [1.82, 2.24) is 9.88 Å². The number of halogens is 1. The molecule has 0 fully saturated rings. The molecule has 106 valence electrons. The third-order valence-corrected chi connectivity index (χ3v) is 4.20. The molecule has 0 unspecified atom stereocenters. The fourth-order valence-electron chi connectivity index (χ4n) is 2.08. The molecule has 2 aromatic rings. The van der Waals surface area contributed by atoms with E-state index in [0.29, 0.717) is 0 Å². The lowest BCUT2D eigenvalue weighted by Crippen LogP contribution is -2.40. The van der Waals surface area contributed by atoms with E-state index in [4.69, 9.17) is 5.11 Å². The first-order valence-corrected chi connectivity index (χ1v) is 6.96. The standard InChI is InChI=1S/C14H15BrN2O3/c1-8(14(19)20)16-12(18)7-17-9(2)13(15)10-5-3-4-6-11(10)17/h3-6,8H,7H2,1-2H3,(H,16,18)(H,19,20)/t8-/m1/s1. The van der Waals surface area contributed by atoms with Gasteiger partial charge in [-0.1, -0.05) is 18.2 Å². The van der Waals surface area contributed by atoms with Gasteiger partial charge < -0.3 is 15.0 Å². The summed E-state index contributed by atoms with van der Waals surface area (Å²) in [6, 6.07) is 6.85. The van der Waals surface area contributed by atoms with Crippen LogP contribution in [0.15, 0.2) is 28.7 Å². The quantitative estimate of drug-likeness (QED) is 0.898. The molecule has 1 aromatic heterocycles. The number of aromatic nitrogens is 1. The van der Waals surface area contributed by atoms with Crippen molar-refractivity contribution in [2.75, 3.05) is 0 Å². The van der Waals surface area contributed by atoms with Crippen molar-refractivity contribution >= 4 is 38.7 Å². The highest BCUT2D eigenvalue weighted by Gasteiger charge is 2.17. The second-order valence-corrected chi connectivity index (χ2v) is 5.42. The molecule has 0 aliphatic carbocycles. The van der Waals surface area contributed by atoms with Gasteiger partial charge in [0.2, 0.25) is 5.91 Å². The van der Waals surface area contributed by atoms with Gasteiger partial charge in [0, 0.05) is 21.1 Å². The number of para-hydroxylation sites is 1. The smallest absolute Gasteiger partial charge is 0.325 e. The maximum Gasteiger partial charge on any atom is 0.325 e. The summed E-state index contributed by atoms with van der Waals surface area (Å²) in [6.07, 6.45) is 0. The van der Waals surface area contributed by atoms with Gasteiger partial charge in [-0.2, -0.15) is 0 Å². The van der Waals surface area contributed by atoms with Gasteiger partial charge in [-0.3, -0.25) is 9.59 Å². The lowest BCUT2D eigenvalue weighted by Gasteiger charge is -2.12. The number of carbonyl (C=O) groups excluding carboxylic acids is 1. The molecular formula is C14H15BrN2O3. The molecule has 1 heterocycles. The minimum absolute atomic E-state index is 0.0928. The van der Waals surface area contributed by atoms with Crippen LogP contribution in [-0.2, 0) is 16.1 Å². The Kier molecular flexibility index (Phi) is 4.13. The molecule has 2 rings (SSSR count). The molecule has 1 aromatic carbocycles. The Hall–Kier alpha value is -1.82. The molecule has 0 saturated carbocycles. The number of benzene rings is 1. The summed E-state index contributed by atoms with van der Waals surface area (Å²) >= 11 is 3.52. The van der Waals surface area contributed by atoms with Crippen molar-refractivity contribution in [1.29, 1.82) is 0 Å². The first-order valence-electron chi connectivity index (χ1n) is 6.17. The fourth-order valence-corrected chi connectivity index (χ4v) is 2.63. The first-order chi connectivity index (χ1) is 9.41. The van der Waals surface area contributed by atoms with Crippen LogP contribution in [0.5, 0.6) is 0 Å². The third kappa shape index (κ3) is 2.70. The number of hydrogen-bond acceptors (Lipinski definition) is 2. The molecule has 1 amide bonds. The van der Waals surface area contributed by atoms with Crippen molar-refractivity contribution in [2.24, 2.45) is 0 Å². The summed E-state index contributed by atoms with van der Waals surface area (Å²) in [5.74, 6) is -1.37. The van der Waals surface area contributed by atoms with E-state index in [9.17, 15) is 9.59 Å². The number of carboxylic acid groups (broad SMARTS) is 1. The Balaban J connectivity index is 2.28. The Morgan fingerprint density at radius 3 is 2.70 bits per heavy atom. The Morgan fingerprint density at radius 2 is 2.05 bits per heavy atom. The van der Waals surface area contributed by atoms with E-state index >= 15 is 0 Å². The number of aliphatic carboxylic acids is 1. The van der Waals surface area contributed by atoms with E-state index in [0.717, 1.165) is 21.1 Å². The van der Waals surface area contributed by atoms with Crippen LogP contribution in [0.4, 0.5) is 0 Å². The second-order valence-electron chi connectivity index (χ2n) is 4.63. The molecule has 20 heavy (non-hydrogen) atoms. The predicted molar refractivity (Wildman–Crippen MR) is 79.6 cm³/mol. The van der Waals surface area contributed by atoms with E-state index in [-0.39, 0.29) is 12.5 Å². The molecule has 0 saturated heterocycles. The van der Waals surface area contributed by atoms with Gasteiger partial charge in [0.05, 0.1) is 0 Å². The van der Waals surface area contributed by atoms with Crippen molar-refractivity contribution in [3.8, 4) is 0 Å². The van der Waals surface area contributed by atoms with Gasteiger partial charge in [0.15, 0.2) is 0 Å². The maximum absolute atomic E-state index is 11.9. The number of carbonyl (C=O) groups is 2. The molecule has 0 radical (unpaired) electrons. The topological polar surface area (TPSA) is 71.3 Å². The van der Waals surface area contributed by atoms with E-state index in [2.05, 4.69) is 21.2 Å². The molecular weight excluding hydrogens is 324 g/mol. The van der Waals surface area contributed by atoms with Crippen LogP contribution in [-0.4, -0.2) is 27.6 Å². The van der Waals surface area contributed by atoms with Crippen LogP contribution in [0.25, 0.3) is 10.9 Å². The van der Waals surface area contributed by atoms with E-state index in [1.807, 2.05) is 35.8 Å². The summed E-state index contributed by atoms with van der Waals surface area (Å²) in [4.78, 5) is 22.7. The number of fused-ring (bicyclic) bond motifs is 1. The maximum atomic E-state index is 11.9. The largest absolute Gasteiger partial charge is 0.480 e. The minimum Gasteiger partial charge on any atom is -0.480 e. The molecule has 0 bridgehead atoms. The van der Waals surface area contributed by atoms with Gasteiger partial charge in [-0.25, -0.2) is 0 Å². The number of hydrogen-bond donors (Lipinski definition) is 2. The number of nitrogens with one attached hydrogen (secondary N) is 1. The zero-order valence-electron chi connectivity index (χ0n) is 11.2. The lowest BCUT2D eigenvalue weighted by atomic mass is 10.2. The fraction of sp³-hybridized carbons (Fsp3) is 0.286. The summed E-state index contributed by atoms with van der Waals surface area (Å²) in [6.45, 7) is 3.45. The lowest BCUT2D eigenvalue weighted by molar-refractivity contribution is -0.141. The van der Waals surface area contributed by atoms with Gasteiger partial charge in [0.25, 0.3) is 0 Å². The normalized spacial score (nSPS) is 12.3. The molecule has 6 heteroatoms. The SMILES string of the molecule is Cc1c(Br)c2ccccc2n1CC(=O)N[C@H](C)C(=O)O. The zero-order valence-corrected chi connectivity index (χ0v) is 12.8. The highest BCUT2D eigenvalue weighted by atomic mass is 79.9. The Bertz CT molecular complexity index is 678. The van der Waals surface area contributed by atoms with Crippen molar-refractivity contribution in [3.05, 3.63) is 34.4 Å². The summed E-state index contributed by atoms with van der Waals surface area (Å²) in [7, 11) is 0. The molecule has 0 aliphatic rings. The number of nitrogens with zero attached hydrogens (tertiary/aromatic N) is 1. The van der Waals surface area contributed by atoms with Crippen LogP contribution >= 0.6 is 15.9 Å². The van der Waals surface area contributed by atoms with E-state index in [1.54, 1.807) is 0 Å². The highest BCUT2D eigenvalue weighted by molar-refractivity contribution is 9.10. The Morgan fingerprint density at radius 1 is 1.40 bits per heavy atom. The summed E-state index contributed by atoms with van der Waals surface area (Å²) < 4.78 is 2.82.